The molecule has 1 aromatic carbocycles. The molecule has 0 bridgehead atoms. The molecular formula is C13H20ClNO. The summed E-state index contributed by atoms with van der Waals surface area (Å²) in [5.74, 6) is 0.155. The van der Waals surface area contributed by atoms with Crippen LogP contribution in [0.4, 0.5) is 0 Å². The minimum Gasteiger partial charge on any atom is -0.305 e. The van der Waals surface area contributed by atoms with Gasteiger partial charge in [-0.1, -0.05) is 31.2 Å². The third kappa shape index (κ3) is 3.32. The molecule has 0 spiro atoms. The number of rotatable bonds is 4. The van der Waals surface area contributed by atoms with Gasteiger partial charge in [0.25, 0.3) is 0 Å². The van der Waals surface area contributed by atoms with Gasteiger partial charge < -0.3 is 5.32 Å². The van der Waals surface area contributed by atoms with E-state index in [0.29, 0.717) is 0 Å². The van der Waals surface area contributed by atoms with Crippen molar-refractivity contribution in [3.8, 4) is 0 Å². The standard InChI is InChI=1S/C13H19NO.ClH/c1-5-14-13(3,4)12(15)11-9-7-6-8-10(11)2;/h6-9,14H,5H2,1-4H3;1H. The zero-order valence-corrected chi connectivity index (χ0v) is 11.1. The van der Waals surface area contributed by atoms with Crippen molar-refractivity contribution in [2.24, 2.45) is 0 Å². The van der Waals surface area contributed by atoms with Gasteiger partial charge in [-0.2, -0.15) is 0 Å². The number of halogens is 1. The second kappa shape index (κ2) is 6.02. The molecule has 3 heteroatoms. The molecule has 0 aliphatic rings. The lowest BCUT2D eigenvalue weighted by Crippen LogP contribution is -2.46. The van der Waals surface area contributed by atoms with Gasteiger partial charge >= 0.3 is 0 Å². The molecule has 2 nitrogen and oxygen atoms in total. The fourth-order valence-electron chi connectivity index (χ4n) is 1.69. The van der Waals surface area contributed by atoms with Gasteiger partial charge in [-0.25, -0.2) is 0 Å². The van der Waals surface area contributed by atoms with Gasteiger partial charge in [0, 0.05) is 5.56 Å². The molecule has 0 aromatic heterocycles. The SMILES string of the molecule is CCNC(C)(C)C(=O)c1ccccc1C.Cl. The van der Waals surface area contributed by atoms with Crippen LogP contribution in [0.1, 0.15) is 36.7 Å². The Morgan fingerprint density at radius 1 is 1.31 bits per heavy atom. The molecule has 0 radical (unpaired) electrons. The molecule has 0 fully saturated rings. The van der Waals surface area contributed by atoms with Crippen molar-refractivity contribution in [1.82, 2.24) is 5.32 Å². The van der Waals surface area contributed by atoms with Gasteiger partial charge in [-0.3, -0.25) is 4.79 Å². The molecule has 16 heavy (non-hydrogen) atoms. The highest BCUT2D eigenvalue weighted by molar-refractivity contribution is 6.03. The fourth-order valence-corrected chi connectivity index (χ4v) is 1.69. The van der Waals surface area contributed by atoms with Gasteiger partial charge in [0.2, 0.25) is 0 Å². The van der Waals surface area contributed by atoms with Crippen LogP contribution in [-0.4, -0.2) is 17.9 Å². The number of ketones is 1. The van der Waals surface area contributed by atoms with E-state index < -0.39 is 5.54 Å². The van der Waals surface area contributed by atoms with E-state index in [0.717, 1.165) is 17.7 Å². The summed E-state index contributed by atoms with van der Waals surface area (Å²) in [6, 6.07) is 7.71. The molecule has 0 heterocycles. The summed E-state index contributed by atoms with van der Waals surface area (Å²) in [5, 5.41) is 3.20. The number of carbonyl (C=O) groups is 1. The quantitative estimate of drug-likeness (QED) is 0.822. The normalized spacial score (nSPS) is 10.8. The molecule has 0 atom stereocenters. The van der Waals surface area contributed by atoms with E-state index in [1.165, 1.54) is 0 Å². The monoisotopic (exact) mass is 241 g/mol. The first-order chi connectivity index (χ1) is 6.99. The number of nitrogens with one attached hydrogen (secondary N) is 1. The van der Waals surface area contributed by atoms with Crippen LogP contribution in [0.25, 0.3) is 0 Å². The Morgan fingerprint density at radius 2 is 1.88 bits per heavy atom. The number of carbonyl (C=O) groups excluding carboxylic acids is 1. The highest BCUT2D eigenvalue weighted by atomic mass is 35.5. The minimum absolute atomic E-state index is 0. The van der Waals surface area contributed by atoms with E-state index in [1.54, 1.807) is 0 Å². The van der Waals surface area contributed by atoms with E-state index in [2.05, 4.69) is 5.32 Å². The Morgan fingerprint density at radius 3 is 2.38 bits per heavy atom. The van der Waals surface area contributed by atoms with Gasteiger partial charge in [0.15, 0.2) is 5.78 Å². The summed E-state index contributed by atoms with van der Waals surface area (Å²) in [6.07, 6.45) is 0. The molecule has 0 amide bonds. The molecular weight excluding hydrogens is 222 g/mol. The molecule has 1 N–H and O–H groups in total. The van der Waals surface area contributed by atoms with Crippen molar-refractivity contribution in [2.75, 3.05) is 6.54 Å². The number of benzene rings is 1. The highest BCUT2D eigenvalue weighted by Crippen LogP contribution is 2.16. The predicted molar refractivity (Wildman–Crippen MR) is 70.5 cm³/mol. The summed E-state index contributed by atoms with van der Waals surface area (Å²) >= 11 is 0. The van der Waals surface area contributed by atoms with Crippen LogP contribution in [0.2, 0.25) is 0 Å². The molecule has 0 saturated carbocycles. The van der Waals surface area contributed by atoms with Crippen molar-refractivity contribution in [2.45, 2.75) is 33.2 Å². The molecule has 1 aromatic rings. The van der Waals surface area contributed by atoms with Crippen molar-refractivity contribution in [3.63, 3.8) is 0 Å². The van der Waals surface area contributed by atoms with Crippen LogP contribution < -0.4 is 5.32 Å². The van der Waals surface area contributed by atoms with Crippen LogP contribution in [0.3, 0.4) is 0 Å². The van der Waals surface area contributed by atoms with Crippen molar-refractivity contribution >= 4 is 18.2 Å². The largest absolute Gasteiger partial charge is 0.305 e. The minimum atomic E-state index is -0.485. The lowest BCUT2D eigenvalue weighted by Gasteiger charge is -2.24. The molecule has 0 unspecified atom stereocenters. The maximum absolute atomic E-state index is 12.2. The first kappa shape index (κ1) is 15.1. The molecule has 0 saturated heterocycles. The Bertz CT molecular complexity index is 361. The summed E-state index contributed by atoms with van der Waals surface area (Å²) in [4.78, 5) is 12.2. The van der Waals surface area contributed by atoms with Crippen molar-refractivity contribution in [3.05, 3.63) is 35.4 Å². The smallest absolute Gasteiger partial charge is 0.182 e. The molecule has 0 aliphatic heterocycles. The third-order valence-corrected chi connectivity index (χ3v) is 2.58. The zero-order valence-electron chi connectivity index (χ0n) is 10.3. The van der Waals surface area contributed by atoms with Crippen LogP contribution >= 0.6 is 12.4 Å². The maximum Gasteiger partial charge on any atom is 0.182 e. The summed E-state index contributed by atoms with van der Waals surface area (Å²) < 4.78 is 0. The Labute approximate surface area is 104 Å². The van der Waals surface area contributed by atoms with E-state index in [-0.39, 0.29) is 18.2 Å². The van der Waals surface area contributed by atoms with Gasteiger partial charge in [-0.05, 0) is 32.9 Å². The Kier molecular flexibility index (Phi) is 5.70. The predicted octanol–water partition coefficient (Wildman–Crippen LogP) is 2.99. The molecule has 0 aliphatic carbocycles. The maximum atomic E-state index is 12.2. The number of Topliss-reactive ketones (excluding diaryl/α,β-unsaturated/α-hetero) is 1. The van der Waals surface area contributed by atoms with Crippen LogP contribution in [-0.2, 0) is 0 Å². The molecule has 90 valence electrons. The van der Waals surface area contributed by atoms with Crippen molar-refractivity contribution in [1.29, 1.82) is 0 Å². The number of hydrogen-bond acceptors (Lipinski definition) is 2. The first-order valence-corrected chi connectivity index (χ1v) is 5.34. The lowest BCUT2D eigenvalue weighted by atomic mass is 9.91. The van der Waals surface area contributed by atoms with E-state index in [9.17, 15) is 4.79 Å². The van der Waals surface area contributed by atoms with Crippen LogP contribution in [0.15, 0.2) is 24.3 Å². The van der Waals surface area contributed by atoms with E-state index >= 15 is 0 Å². The van der Waals surface area contributed by atoms with Crippen molar-refractivity contribution < 1.29 is 4.79 Å². The van der Waals surface area contributed by atoms with E-state index in [4.69, 9.17) is 0 Å². The Balaban J connectivity index is 0.00000225. The fraction of sp³-hybridized carbons (Fsp3) is 0.462. The van der Waals surface area contributed by atoms with Crippen LogP contribution in [0, 0.1) is 6.92 Å². The number of hydrogen-bond donors (Lipinski definition) is 1. The number of likely N-dealkylation sites (N-methyl/N-ethyl adjacent to an activating group) is 1. The molecule has 1 rings (SSSR count). The van der Waals surface area contributed by atoms with E-state index in [1.807, 2.05) is 52.0 Å². The zero-order chi connectivity index (χ0) is 11.5. The Hall–Kier alpha value is -0.860. The average molecular weight is 242 g/mol. The lowest BCUT2D eigenvalue weighted by molar-refractivity contribution is 0.0883. The summed E-state index contributed by atoms with van der Waals surface area (Å²) in [5.41, 5.74) is 1.36. The second-order valence-corrected chi connectivity index (χ2v) is 4.30. The average Bonchev–Trinajstić information content (AvgIpc) is 2.17. The summed E-state index contributed by atoms with van der Waals surface area (Å²) in [7, 11) is 0. The van der Waals surface area contributed by atoms with Gasteiger partial charge in [0.05, 0.1) is 5.54 Å². The van der Waals surface area contributed by atoms with Gasteiger partial charge in [-0.15, -0.1) is 12.4 Å². The van der Waals surface area contributed by atoms with Crippen LogP contribution in [0.5, 0.6) is 0 Å². The highest BCUT2D eigenvalue weighted by Gasteiger charge is 2.27. The number of aryl methyl sites for hydroxylation is 1. The third-order valence-electron chi connectivity index (χ3n) is 2.58. The van der Waals surface area contributed by atoms with Gasteiger partial charge in [0.1, 0.15) is 0 Å². The first-order valence-electron chi connectivity index (χ1n) is 5.34. The summed E-state index contributed by atoms with van der Waals surface area (Å²) in [6.45, 7) is 8.61. The topological polar surface area (TPSA) is 29.1 Å². The second-order valence-electron chi connectivity index (χ2n) is 4.30.